The Hall–Kier alpha value is -1.88. The van der Waals surface area contributed by atoms with Crippen molar-refractivity contribution in [2.75, 3.05) is 45.8 Å². The zero-order chi connectivity index (χ0) is 18.6. The summed E-state index contributed by atoms with van der Waals surface area (Å²) < 4.78 is 0. The lowest BCUT2D eigenvalue weighted by atomic mass is 9.88. The van der Waals surface area contributed by atoms with E-state index in [0.717, 1.165) is 76.9 Å². The molecular weight excluding hydrogens is 338 g/mol. The van der Waals surface area contributed by atoms with Crippen molar-refractivity contribution in [1.82, 2.24) is 14.7 Å². The third kappa shape index (κ3) is 4.18. The highest BCUT2D eigenvalue weighted by atomic mass is 16.2. The van der Waals surface area contributed by atoms with E-state index in [4.69, 9.17) is 0 Å². The molecule has 2 aliphatic heterocycles. The summed E-state index contributed by atoms with van der Waals surface area (Å²) in [7, 11) is 0. The number of carbonyl (C=O) groups excluding carboxylic acids is 2. The van der Waals surface area contributed by atoms with Gasteiger partial charge >= 0.3 is 0 Å². The molecule has 27 heavy (non-hydrogen) atoms. The molecule has 0 saturated carbocycles. The normalized spacial score (nSPS) is 21.0. The van der Waals surface area contributed by atoms with Gasteiger partial charge in [0.2, 0.25) is 5.91 Å². The fourth-order valence-corrected chi connectivity index (χ4v) is 4.74. The Morgan fingerprint density at radius 3 is 2.41 bits per heavy atom. The van der Waals surface area contributed by atoms with E-state index >= 15 is 0 Å². The number of carbonyl (C=O) groups is 2. The van der Waals surface area contributed by atoms with E-state index < -0.39 is 0 Å². The first-order chi connectivity index (χ1) is 13.2. The van der Waals surface area contributed by atoms with Crippen LogP contribution in [0.25, 0.3) is 0 Å². The molecule has 2 fully saturated rings. The average Bonchev–Trinajstić information content (AvgIpc) is 3.15. The van der Waals surface area contributed by atoms with Gasteiger partial charge in [0.05, 0.1) is 6.54 Å². The van der Waals surface area contributed by atoms with Crippen LogP contribution in [-0.4, -0.2) is 72.3 Å². The number of benzene rings is 1. The SMILES string of the molecule is O=C(CN1CCCN(C(=O)c2cccc3c2CCCC3)CC1)N1CCCC1. The quantitative estimate of drug-likeness (QED) is 0.821. The number of fused-ring (bicyclic) bond motifs is 1. The maximum Gasteiger partial charge on any atom is 0.254 e. The van der Waals surface area contributed by atoms with Gasteiger partial charge in [0.15, 0.2) is 0 Å². The molecule has 2 heterocycles. The van der Waals surface area contributed by atoms with Gasteiger partial charge in [0.25, 0.3) is 5.91 Å². The fourth-order valence-electron chi connectivity index (χ4n) is 4.74. The van der Waals surface area contributed by atoms with Crippen LogP contribution in [0.5, 0.6) is 0 Å². The monoisotopic (exact) mass is 369 g/mol. The topological polar surface area (TPSA) is 43.9 Å². The highest BCUT2D eigenvalue weighted by molar-refractivity contribution is 5.96. The second-order valence-electron chi connectivity index (χ2n) is 8.16. The van der Waals surface area contributed by atoms with Crippen LogP contribution in [0.1, 0.15) is 53.6 Å². The molecule has 1 aliphatic carbocycles. The van der Waals surface area contributed by atoms with Gasteiger partial charge in [0, 0.05) is 44.8 Å². The van der Waals surface area contributed by atoms with E-state index in [-0.39, 0.29) is 11.8 Å². The fraction of sp³-hybridized carbons (Fsp3) is 0.636. The molecule has 1 aromatic rings. The smallest absolute Gasteiger partial charge is 0.254 e. The first kappa shape index (κ1) is 18.5. The van der Waals surface area contributed by atoms with Crippen molar-refractivity contribution in [3.63, 3.8) is 0 Å². The van der Waals surface area contributed by atoms with E-state index in [9.17, 15) is 9.59 Å². The highest BCUT2D eigenvalue weighted by Gasteiger charge is 2.26. The largest absolute Gasteiger partial charge is 0.342 e. The molecule has 4 rings (SSSR count). The molecule has 2 amide bonds. The van der Waals surface area contributed by atoms with Gasteiger partial charge in [-0.05, 0) is 62.1 Å². The number of amides is 2. The van der Waals surface area contributed by atoms with Crippen LogP contribution in [-0.2, 0) is 17.6 Å². The van der Waals surface area contributed by atoms with E-state index in [2.05, 4.69) is 11.0 Å². The van der Waals surface area contributed by atoms with Crippen molar-refractivity contribution >= 4 is 11.8 Å². The summed E-state index contributed by atoms with van der Waals surface area (Å²) in [5.74, 6) is 0.436. The van der Waals surface area contributed by atoms with Crippen molar-refractivity contribution < 1.29 is 9.59 Å². The van der Waals surface area contributed by atoms with Crippen molar-refractivity contribution in [2.24, 2.45) is 0 Å². The van der Waals surface area contributed by atoms with E-state index in [0.29, 0.717) is 6.54 Å². The van der Waals surface area contributed by atoms with Crippen LogP contribution in [0.15, 0.2) is 18.2 Å². The number of hydrogen-bond donors (Lipinski definition) is 0. The third-order valence-electron chi connectivity index (χ3n) is 6.32. The van der Waals surface area contributed by atoms with Crippen molar-refractivity contribution in [1.29, 1.82) is 0 Å². The van der Waals surface area contributed by atoms with Crippen LogP contribution in [0.4, 0.5) is 0 Å². The zero-order valence-corrected chi connectivity index (χ0v) is 16.3. The van der Waals surface area contributed by atoms with Gasteiger partial charge in [-0.3, -0.25) is 14.5 Å². The molecule has 1 aromatic carbocycles. The predicted molar refractivity (Wildman–Crippen MR) is 106 cm³/mol. The molecule has 0 unspecified atom stereocenters. The maximum atomic E-state index is 13.2. The van der Waals surface area contributed by atoms with Crippen LogP contribution in [0, 0.1) is 0 Å². The Bertz CT molecular complexity index is 697. The van der Waals surface area contributed by atoms with Crippen LogP contribution in [0.3, 0.4) is 0 Å². The van der Waals surface area contributed by atoms with Crippen LogP contribution < -0.4 is 0 Å². The first-order valence-electron chi connectivity index (χ1n) is 10.6. The molecule has 0 radical (unpaired) electrons. The summed E-state index contributed by atoms with van der Waals surface area (Å²) >= 11 is 0. The minimum Gasteiger partial charge on any atom is -0.342 e. The number of nitrogens with zero attached hydrogens (tertiary/aromatic N) is 3. The number of rotatable bonds is 3. The Balaban J connectivity index is 1.38. The Kier molecular flexibility index (Phi) is 5.77. The summed E-state index contributed by atoms with van der Waals surface area (Å²) in [6.45, 7) is 5.53. The third-order valence-corrected chi connectivity index (χ3v) is 6.32. The molecule has 0 aromatic heterocycles. The average molecular weight is 370 g/mol. The molecule has 0 spiro atoms. The molecule has 0 atom stereocenters. The van der Waals surface area contributed by atoms with Gasteiger partial charge in [-0.15, -0.1) is 0 Å². The van der Waals surface area contributed by atoms with Crippen LogP contribution in [0.2, 0.25) is 0 Å². The highest BCUT2D eigenvalue weighted by Crippen LogP contribution is 2.25. The first-order valence-corrected chi connectivity index (χ1v) is 10.6. The Morgan fingerprint density at radius 2 is 1.56 bits per heavy atom. The lowest BCUT2D eigenvalue weighted by Crippen LogP contribution is -2.41. The second-order valence-corrected chi connectivity index (χ2v) is 8.16. The second kappa shape index (κ2) is 8.42. The maximum absolute atomic E-state index is 13.2. The minimum absolute atomic E-state index is 0.182. The van der Waals surface area contributed by atoms with Gasteiger partial charge in [-0.2, -0.15) is 0 Å². The predicted octanol–water partition coefficient (Wildman–Crippen LogP) is 2.34. The zero-order valence-electron chi connectivity index (χ0n) is 16.3. The van der Waals surface area contributed by atoms with Gasteiger partial charge in [0.1, 0.15) is 0 Å². The molecule has 3 aliphatic rings. The molecule has 2 saturated heterocycles. The van der Waals surface area contributed by atoms with Crippen molar-refractivity contribution in [3.05, 3.63) is 34.9 Å². The van der Waals surface area contributed by atoms with Gasteiger partial charge in [-0.25, -0.2) is 0 Å². The van der Waals surface area contributed by atoms with Gasteiger partial charge in [-0.1, -0.05) is 12.1 Å². The van der Waals surface area contributed by atoms with E-state index in [1.807, 2.05) is 21.9 Å². The summed E-state index contributed by atoms with van der Waals surface area (Å²) in [5.41, 5.74) is 3.55. The molecule has 0 N–H and O–H groups in total. The number of likely N-dealkylation sites (tertiary alicyclic amines) is 1. The number of aryl methyl sites for hydroxylation is 1. The standard InChI is InChI=1S/C22H31N3O2/c26-21(24-12-3-4-13-24)17-23-11-6-14-25(16-15-23)22(27)20-10-5-8-18-7-1-2-9-19(18)20/h5,8,10H,1-4,6-7,9,11-17H2. The summed E-state index contributed by atoms with van der Waals surface area (Å²) in [5, 5.41) is 0. The molecule has 0 bridgehead atoms. The minimum atomic E-state index is 0.182. The lowest BCUT2D eigenvalue weighted by Gasteiger charge is -2.25. The molecule has 146 valence electrons. The van der Waals surface area contributed by atoms with Crippen molar-refractivity contribution in [3.8, 4) is 0 Å². The Labute approximate surface area is 162 Å². The van der Waals surface area contributed by atoms with Crippen molar-refractivity contribution in [2.45, 2.75) is 44.9 Å². The summed E-state index contributed by atoms with van der Waals surface area (Å²) in [6.07, 6.45) is 7.75. The molecule has 5 nitrogen and oxygen atoms in total. The van der Waals surface area contributed by atoms with E-state index in [1.54, 1.807) is 0 Å². The van der Waals surface area contributed by atoms with Crippen LogP contribution >= 0.6 is 0 Å². The van der Waals surface area contributed by atoms with E-state index in [1.165, 1.54) is 24.0 Å². The summed E-state index contributed by atoms with van der Waals surface area (Å²) in [4.78, 5) is 31.8. The molecule has 5 heteroatoms. The van der Waals surface area contributed by atoms with Gasteiger partial charge < -0.3 is 9.80 Å². The molecular formula is C22H31N3O2. The lowest BCUT2D eigenvalue weighted by molar-refractivity contribution is -0.131. The summed E-state index contributed by atoms with van der Waals surface area (Å²) in [6, 6.07) is 6.22. The Morgan fingerprint density at radius 1 is 0.778 bits per heavy atom. The number of hydrogen-bond acceptors (Lipinski definition) is 3.